The number of carbonyl (C=O) groups is 2. The van der Waals surface area contributed by atoms with Gasteiger partial charge in [-0.3, -0.25) is 4.79 Å². The molecule has 0 aromatic carbocycles. The van der Waals surface area contributed by atoms with Crippen LogP contribution in [0.4, 0.5) is 0 Å². The van der Waals surface area contributed by atoms with E-state index in [-0.39, 0.29) is 11.8 Å². The van der Waals surface area contributed by atoms with Crippen molar-refractivity contribution in [1.29, 1.82) is 0 Å². The lowest BCUT2D eigenvalue weighted by atomic mass is 9.83. The van der Waals surface area contributed by atoms with E-state index in [9.17, 15) is 14.7 Å². The Morgan fingerprint density at radius 2 is 1.58 bits per heavy atom. The summed E-state index contributed by atoms with van der Waals surface area (Å²) in [5.74, 6) is -0.337. The molecule has 1 amide bonds. The van der Waals surface area contributed by atoms with Crippen molar-refractivity contribution in [3.63, 3.8) is 0 Å². The molecule has 2 aliphatic carbocycles. The van der Waals surface area contributed by atoms with Gasteiger partial charge in [0.1, 0.15) is 6.04 Å². The fourth-order valence-corrected chi connectivity index (χ4v) is 3.56. The fraction of sp³-hybridized carbons (Fsp3) is 0.867. The standard InChI is InChI=1S/C15H25NO3/c17-13(10-11-6-4-5-7-11)16-14(15(18)19)12-8-2-1-3-9-12/h11-12,14H,1-10H2,(H,16,17)(H,18,19)/t14-/m0/s1. The van der Waals surface area contributed by atoms with Gasteiger partial charge in [-0.15, -0.1) is 0 Å². The van der Waals surface area contributed by atoms with Crippen LogP contribution in [0.3, 0.4) is 0 Å². The second-order valence-corrected chi connectivity index (χ2v) is 6.14. The van der Waals surface area contributed by atoms with Gasteiger partial charge in [-0.25, -0.2) is 4.79 Å². The first-order chi connectivity index (χ1) is 9.16. The van der Waals surface area contributed by atoms with Crippen molar-refractivity contribution in [1.82, 2.24) is 5.32 Å². The summed E-state index contributed by atoms with van der Waals surface area (Å²) in [5.41, 5.74) is 0. The number of amides is 1. The van der Waals surface area contributed by atoms with Crippen LogP contribution in [0, 0.1) is 11.8 Å². The summed E-state index contributed by atoms with van der Waals surface area (Å²) in [6, 6.07) is -0.672. The summed E-state index contributed by atoms with van der Waals surface area (Å²) in [5, 5.41) is 12.1. The van der Waals surface area contributed by atoms with Gasteiger partial charge in [0, 0.05) is 6.42 Å². The highest BCUT2D eigenvalue weighted by molar-refractivity contribution is 5.83. The van der Waals surface area contributed by atoms with E-state index in [1.807, 2.05) is 0 Å². The molecular formula is C15H25NO3. The molecule has 0 unspecified atom stereocenters. The topological polar surface area (TPSA) is 66.4 Å². The number of nitrogens with one attached hydrogen (secondary N) is 1. The van der Waals surface area contributed by atoms with Crippen LogP contribution in [0.25, 0.3) is 0 Å². The van der Waals surface area contributed by atoms with Crippen molar-refractivity contribution in [2.24, 2.45) is 11.8 Å². The van der Waals surface area contributed by atoms with Gasteiger partial charge in [-0.2, -0.15) is 0 Å². The minimum absolute atomic E-state index is 0.0649. The molecule has 0 aromatic heterocycles. The number of carboxylic acid groups (broad SMARTS) is 1. The largest absolute Gasteiger partial charge is 0.480 e. The zero-order valence-electron chi connectivity index (χ0n) is 11.6. The third kappa shape index (κ3) is 4.22. The lowest BCUT2D eigenvalue weighted by Gasteiger charge is -2.28. The molecule has 0 aliphatic heterocycles. The molecule has 2 aliphatic rings. The molecule has 2 N–H and O–H groups in total. The van der Waals surface area contributed by atoms with Crippen molar-refractivity contribution in [2.45, 2.75) is 70.3 Å². The Balaban J connectivity index is 1.84. The molecule has 4 heteroatoms. The Kier molecular flexibility index (Phi) is 5.23. The van der Waals surface area contributed by atoms with Crippen LogP contribution in [0.1, 0.15) is 64.2 Å². The minimum atomic E-state index is -0.869. The highest BCUT2D eigenvalue weighted by Gasteiger charge is 2.31. The number of carboxylic acids is 1. The summed E-state index contributed by atoms with van der Waals surface area (Å²) < 4.78 is 0. The van der Waals surface area contributed by atoms with Crippen molar-refractivity contribution < 1.29 is 14.7 Å². The van der Waals surface area contributed by atoms with Crippen molar-refractivity contribution in [2.75, 3.05) is 0 Å². The monoisotopic (exact) mass is 267 g/mol. The smallest absolute Gasteiger partial charge is 0.326 e. The SMILES string of the molecule is O=C(CC1CCCC1)N[C@H](C(=O)O)C1CCCCC1. The molecule has 19 heavy (non-hydrogen) atoms. The van der Waals surface area contributed by atoms with E-state index in [1.54, 1.807) is 0 Å². The zero-order chi connectivity index (χ0) is 13.7. The van der Waals surface area contributed by atoms with Crippen LogP contribution in [-0.2, 0) is 9.59 Å². The van der Waals surface area contributed by atoms with E-state index in [1.165, 1.54) is 19.3 Å². The minimum Gasteiger partial charge on any atom is -0.480 e. The van der Waals surface area contributed by atoms with Crippen molar-refractivity contribution in [3.05, 3.63) is 0 Å². The van der Waals surface area contributed by atoms with Gasteiger partial charge >= 0.3 is 5.97 Å². The van der Waals surface area contributed by atoms with Crippen LogP contribution in [0.5, 0.6) is 0 Å². The van der Waals surface area contributed by atoms with Crippen LogP contribution in [0.15, 0.2) is 0 Å². The summed E-state index contributed by atoms with van der Waals surface area (Å²) >= 11 is 0. The van der Waals surface area contributed by atoms with E-state index in [2.05, 4.69) is 5.32 Å². The molecule has 0 radical (unpaired) electrons. The zero-order valence-corrected chi connectivity index (χ0v) is 11.6. The summed E-state index contributed by atoms with van der Waals surface area (Å²) in [4.78, 5) is 23.3. The molecule has 4 nitrogen and oxygen atoms in total. The number of aliphatic carboxylic acids is 1. The Morgan fingerprint density at radius 3 is 2.16 bits per heavy atom. The van der Waals surface area contributed by atoms with Gasteiger partial charge < -0.3 is 10.4 Å². The van der Waals surface area contributed by atoms with Crippen molar-refractivity contribution >= 4 is 11.9 Å². The van der Waals surface area contributed by atoms with Gasteiger partial charge in [0.2, 0.25) is 5.91 Å². The van der Waals surface area contributed by atoms with E-state index in [4.69, 9.17) is 0 Å². The predicted molar refractivity (Wildman–Crippen MR) is 72.7 cm³/mol. The lowest BCUT2D eigenvalue weighted by molar-refractivity contribution is -0.144. The maximum Gasteiger partial charge on any atom is 0.326 e. The van der Waals surface area contributed by atoms with Crippen LogP contribution >= 0.6 is 0 Å². The number of rotatable bonds is 5. The molecule has 108 valence electrons. The van der Waals surface area contributed by atoms with Gasteiger partial charge in [-0.05, 0) is 37.5 Å². The van der Waals surface area contributed by atoms with Crippen LogP contribution < -0.4 is 5.32 Å². The first-order valence-electron chi connectivity index (χ1n) is 7.69. The lowest BCUT2D eigenvalue weighted by Crippen LogP contribution is -2.46. The third-order valence-corrected chi connectivity index (χ3v) is 4.65. The Bertz CT molecular complexity index is 317. The highest BCUT2D eigenvalue weighted by Crippen LogP contribution is 2.29. The van der Waals surface area contributed by atoms with E-state index in [0.29, 0.717) is 12.3 Å². The number of hydrogen-bond donors (Lipinski definition) is 2. The Hall–Kier alpha value is -1.06. The van der Waals surface area contributed by atoms with Gasteiger partial charge in [0.05, 0.1) is 0 Å². The molecular weight excluding hydrogens is 242 g/mol. The molecule has 2 saturated carbocycles. The van der Waals surface area contributed by atoms with Gasteiger partial charge in [0.25, 0.3) is 0 Å². The average Bonchev–Trinajstić information content (AvgIpc) is 2.89. The predicted octanol–water partition coefficient (Wildman–Crippen LogP) is 2.72. The normalized spacial score (nSPS) is 23.2. The Morgan fingerprint density at radius 1 is 1.00 bits per heavy atom. The van der Waals surface area contributed by atoms with Crippen LogP contribution in [-0.4, -0.2) is 23.0 Å². The third-order valence-electron chi connectivity index (χ3n) is 4.65. The van der Waals surface area contributed by atoms with E-state index < -0.39 is 12.0 Å². The summed E-state index contributed by atoms with van der Waals surface area (Å²) in [7, 11) is 0. The maximum atomic E-state index is 12.0. The Labute approximate surface area is 115 Å². The second-order valence-electron chi connectivity index (χ2n) is 6.14. The van der Waals surface area contributed by atoms with Gasteiger partial charge in [0.15, 0.2) is 0 Å². The highest BCUT2D eigenvalue weighted by atomic mass is 16.4. The molecule has 0 spiro atoms. The van der Waals surface area contributed by atoms with Crippen molar-refractivity contribution in [3.8, 4) is 0 Å². The molecule has 0 saturated heterocycles. The molecule has 2 rings (SSSR count). The summed E-state index contributed by atoms with van der Waals surface area (Å²) in [6.45, 7) is 0. The van der Waals surface area contributed by atoms with Crippen LogP contribution in [0.2, 0.25) is 0 Å². The number of hydrogen-bond acceptors (Lipinski definition) is 2. The van der Waals surface area contributed by atoms with E-state index >= 15 is 0 Å². The molecule has 0 aromatic rings. The second kappa shape index (κ2) is 6.92. The first kappa shape index (κ1) is 14.4. The number of carbonyl (C=O) groups excluding carboxylic acids is 1. The van der Waals surface area contributed by atoms with E-state index in [0.717, 1.165) is 38.5 Å². The van der Waals surface area contributed by atoms with Gasteiger partial charge in [-0.1, -0.05) is 32.1 Å². The quantitative estimate of drug-likeness (QED) is 0.805. The fourth-order valence-electron chi connectivity index (χ4n) is 3.56. The molecule has 0 bridgehead atoms. The maximum absolute atomic E-state index is 12.0. The molecule has 1 atom stereocenters. The molecule has 0 heterocycles. The summed E-state index contributed by atoms with van der Waals surface area (Å²) in [6.07, 6.45) is 10.4. The average molecular weight is 267 g/mol. The first-order valence-corrected chi connectivity index (χ1v) is 7.69. The molecule has 2 fully saturated rings.